The lowest BCUT2D eigenvalue weighted by Gasteiger charge is -2.06. The van der Waals surface area contributed by atoms with Crippen molar-refractivity contribution in [2.24, 2.45) is 0 Å². The predicted octanol–water partition coefficient (Wildman–Crippen LogP) is 1.82. The molecular weight excluding hydrogens is 176 g/mol. The van der Waals surface area contributed by atoms with Crippen LogP contribution in [0.25, 0.3) is 0 Å². The van der Waals surface area contributed by atoms with E-state index in [1.54, 1.807) is 21.0 Å². The summed E-state index contributed by atoms with van der Waals surface area (Å²) in [5.41, 5.74) is -0.116. The third-order valence-electron chi connectivity index (χ3n) is 1.58. The number of ether oxygens (including phenoxy) is 1. The quantitative estimate of drug-likeness (QED) is 0.684. The van der Waals surface area contributed by atoms with Crippen molar-refractivity contribution in [3.63, 3.8) is 0 Å². The Morgan fingerprint density at radius 3 is 2.64 bits per heavy atom. The van der Waals surface area contributed by atoms with E-state index in [0.29, 0.717) is 0 Å². The molecule has 14 heavy (non-hydrogen) atoms. The molecule has 0 spiro atoms. The van der Waals surface area contributed by atoms with Crippen LogP contribution in [0.15, 0.2) is 24.3 Å². The number of hydrogen-bond donors (Lipinski definition) is 1. The van der Waals surface area contributed by atoms with Crippen LogP contribution in [-0.4, -0.2) is 17.8 Å². The molecule has 0 bridgehead atoms. The molecule has 0 fully saturated rings. The van der Waals surface area contributed by atoms with E-state index in [4.69, 9.17) is 4.74 Å². The minimum atomic E-state index is -0.955. The molecule has 1 aromatic rings. The van der Waals surface area contributed by atoms with Crippen molar-refractivity contribution in [2.45, 2.75) is 19.4 Å². The Bertz CT molecular complexity index is 364. The first-order valence-electron chi connectivity index (χ1n) is 4.41. The summed E-state index contributed by atoms with van der Waals surface area (Å²) in [5, 5.41) is 9.40. The fourth-order valence-electron chi connectivity index (χ4n) is 0.926. The van der Waals surface area contributed by atoms with E-state index in [1.807, 2.05) is 24.3 Å². The molecule has 0 atom stereocenters. The van der Waals surface area contributed by atoms with Crippen LogP contribution in [0.1, 0.15) is 19.4 Å². The van der Waals surface area contributed by atoms with E-state index in [2.05, 4.69) is 11.8 Å². The lowest BCUT2D eigenvalue weighted by Crippen LogP contribution is -2.14. The molecule has 74 valence electrons. The first kappa shape index (κ1) is 10.6. The summed E-state index contributed by atoms with van der Waals surface area (Å²) in [4.78, 5) is 0. The van der Waals surface area contributed by atoms with Crippen LogP contribution < -0.4 is 4.74 Å². The fraction of sp³-hybridized carbons (Fsp3) is 0.333. The smallest absolute Gasteiger partial charge is 0.120 e. The van der Waals surface area contributed by atoms with Gasteiger partial charge in [0.25, 0.3) is 0 Å². The van der Waals surface area contributed by atoms with Crippen molar-refractivity contribution >= 4 is 0 Å². The minimum absolute atomic E-state index is 0.771. The summed E-state index contributed by atoms with van der Waals surface area (Å²) >= 11 is 0. The Balaban J connectivity index is 2.90. The average molecular weight is 190 g/mol. The second-order valence-corrected chi connectivity index (χ2v) is 3.54. The number of hydrogen-bond acceptors (Lipinski definition) is 2. The molecule has 0 amide bonds. The highest BCUT2D eigenvalue weighted by Gasteiger charge is 2.05. The van der Waals surface area contributed by atoms with Crippen LogP contribution in [0.2, 0.25) is 0 Å². The molecule has 2 heteroatoms. The third-order valence-corrected chi connectivity index (χ3v) is 1.58. The van der Waals surface area contributed by atoms with E-state index in [9.17, 15) is 5.11 Å². The van der Waals surface area contributed by atoms with E-state index in [1.165, 1.54) is 0 Å². The highest BCUT2D eigenvalue weighted by atomic mass is 16.5. The largest absolute Gasteiger partial charge is 0.497 e. The molecule has 0 aliphatic carbocycles. The van der Waals surface area contributed by atoms with E-state index in [-0.39, 0.29) is 0 Å². The zero-order valence-electron chi connectivity index (χ0n) is 8.66. The summed E-state index contributed by atoms with van der Waals surface area (Å²) in [6, 6.07) is 7.43. The average Bonchev–Trinajstić information content (AvgIpc) is 2.14. The van der Waals surface area contributed by atoms with Crippen molar-refractivity contribution in [3.05, 3.63) is 29.8 Å². The van der Waals surface area contributed by atoms with Gasteiger partial charge in [0.05, 0.1) is 7.11 Å². The van der Waals surface area contributed by atoms with Crippen LogP contribution in [0.4, 0.5) is 0 Å². The van der Waals surface area contributed by atoms with Gasteiger partial charge in [0.1, 0.15) is 11.4 Å². The molecule has 0 aliphatic rings. The lowest BCUT2D eigenvalue weighted by atomic mass is 10.1. The molecule has 1 rings (SSSR count). The normalized spacial score (nSPS) is 10.3. The summed E-state index contributed by atoms with van der Waals surface area (Å²) < 4.78 is 5.06. The van der Waals surface area contributed by atoms with E-state index >= 15 is 0 Å². The molecule has 0 radical (unpaired) electrons. The second kappa shape index (κ2) is 4.17. The van der Waals surface area contributed by atoms with Crippen molar-refractivity contribution in [2.75, 3.05) is 7.11 Å². The van der Waals surface area contributed by atoms with Crippen molar-refractivity contribution < 1.29 is 9.84 Å². The van der Waals surface area contributed by atoms with Crippen molar-refractivity contribution in [1.82, 2.24) is 0 Å². The summed E-state index contributed by atoms with van der Waals surface area (Å²) in [6.07, 6.45) is 0. The minimum Gasteiger partial charge on any atom is -0.497 e. The van der Waals surface area contributed by atoms with Gasteiger partial charge in [0.15, 0.2) is 0 Å². The maximum absolute atomic E-state index is 9.40. The van der Waals surface area contributed by atoms with E-state index < -0.39 is 5.60 Å². The Morgan fingerprint density at radius 1 is 1.36 bits per heavy atom. The van der Waals surface area contributed by atoms with Crippen LogP contribution in [0.5, 0.6) is 5.75 Å². The van der Waals surface area contributed by atoms with Crippen molar-refractivity contribution in [3.8, 4) is 17.6 Å². The Hall–Kier alpha value is -1.46. The number of rotatable bonds is 1. The summed E-state index contributed by atoms with van der Waals surface area (Å²) in [5.74, 6) is 6.39. The Morgan fingerprint density at radius 2 is 2.07 bits per heavy atom. The number of aliphatic hydroxyl groups is 1. The van der Waals surface area contributed by atoms with Crippen molar-refractivity contribution in [1.29, 1.82) is 0 Å². The maximum atomic E-state index is 9.40. The van der Waals surface area contributed by atoms with Gasteiger partial charge in [-0.05, 0) is 32.0 Å². The SMILES string of the molecule is COc1cccc(C#CC(C)(C)O)c1. The molecule has 1 N–H and O–H groups in total. The summed E-state index contributed by atoms with van der Waals surface area (Å²) in [7, 11) is 1.61. The Kier molecular flexibility index (Phi) is 3.16. The van der Waals surface area contributed by atoms with Gasteiger partial charge in [0, 0.05) is 5.56 Å². The van der Waals surface area contributed by atoms with Gasteiger partial charge in [-0.25, -0.2) is 0 Å². The molecule has 2 nitrogen and oxygen atoms in total. The van der Waals surface area contributed by atoms with Gasteiger partial charge >= 0.3 is 0 Å². The molecule has 0 saturated carbocycles. The zero-order valence-corrected chi connectivity index (χ0v) is 8.66. The standard InChI is InChI=1S/C12H14O2/c1-12(2,13)8-7-10-5-4-6-11(9-10)14-3/h4-6,9,13H,1-3H3. The highest BCUT2D eigenvalue weighted by molar-refractivity contribution is 5.40. The van der Waals surface area contributed by atoms with Gasteiger partial charge in [-0.2, -0.15) is 0 Å². The van der Waals surface area contributed by atoms with Gasteiger partial charge in [0.2, 0.25) is 0 Å². The molecule has 0 saturated heterocycles. The summed E-state index contributed by atoms with van der Waals surface area (Å²) in [6.45, 7) is 3.31. The second-order valence-electron chi connectivity index (χ2n) is 3.54. The topological polar surface area (TPSA) is 29.5 Å². The zero-order chi connectivity index (χ0) is 10.6. The molecule has 1 aromatic carbocycles. The molecule has 0 aromatic heterocycles. The van der Waals surface area contributed by atoms with Crippen LogP contribution in [0, 0.1) is 11.8 Å². The van der Waals surface area contributed by atoms with Crippen LogP contribution >= 0.6 is 0 Å². The third kappa shape index (κ3) is 3.51. The number of methoxy groups -OCH3 is 1. The first-order chi connectivity index (χ1) is 6.51. The van der Waals surface area contributed by atoms with E-state index in [0.717, 1.165) is 11.3 Å². The number of benzene rings is 1. The van der Waals surface area contributed by atoms with Gasteiger partial charge < -0.3 is 9.84 Å². The van der Waals surface area contributed by atoms with Gasteiger partial charge in [-0.3, -0.25) is 0 Å². The maximum Gasteiger partial charge on any atom is 0.120 e. The van der Waals surface area contributed by atoms with Crippen LogP contribution in [-0.2, 0) is 0 Å². The predicted molar refractivity (Wildman–Crippen MR) is 56.2 cm³/mol. The first-order valence-corrected chi connectivity index (χ1v) is 4.41. The fourth-order valence-corrected chi connectivity index (χ4v) is 0.926. The van der Waals surface area contributed by atoms with Gasteiger partial charge in [-0.1, -0.05) is 17.9 Å². The lowest BCUT2D eigenvalue weighted by molar-refractivity contribution is 0.143. The molecule has 0 heterocycles. The molecule has 0 unspecified atom stereocenters. The monoisotopic (exact) mass is 190 g/mol. The molecule has 0 aliphatic heterocycles. The highest BCUT2D eigenvalue weighted by Crippen LogP contribution is 2.11. The molecular formula is C12H14O2. The van der Waals surface area contributed by atoms with Crippen LogP contribution in [0.3, 0.4) is 0 Å². The Labute approximate surface area is 84.5 Å². The van der Waals surface area contributed by atoms with Gasteiger partial charge in [-0.15, -0.1) is 0 Å².